The highest BCUT2D eigenvalue weighted by atomic mass is 127. The predicted octanol–water partition coefficient (Wildman–Crippen LogP) is 3.32. The van der Waals surface area contributed by atoms with E-state index >= 15 is 0 Å². The smallest absolute Gasteiger partial charge is 0.191 e. The Morgan fingerprint density at radius 1 is 1.17 bits per heavy atom. The van der Waals surface area contributed by atoms with Crippen LogP contribution >= 0.6 is 35.7 Å². The van der Waals surface area contributed by atoms with Gasteiger partial charge in [-0.15, -0.1) is 24.0 Å². The molecule has 0 amide bonds. The summed E-state index contributed by atoms with van der Waals surface area (Å²) < 4.78 is 0.375. The number of hydrogen-bond acceptors (Lipinski definition) is 3. The molecule has 2 aliphatic heterocycles. The van der Waals surface area contributed by atoms with Gasteiger partial charge in [-0.2, -0.15) is 11.8 Å². The highest BCUT2D eigenvalue weighted by Crippen LogP contribution is 2.36. The first-order valence-electron chi connectivity index (χ1n) is 8.79. The highest BCUT2D eigenvalue weighted by molar-refractivity contribution is 14.0. The van der Waals surface area contributed by atoms with E-state index in [0.29, 0.717) is 4.75 Å². The maximum absolute atomic E-state index is 4.39. The van der Waals surface area contributed by atoms with Crippen molar-refractivity contribution in [3.63, 3.8) is 0 Å². The van der Waals surface area contributed by atoms with E-state index in [1.165, 1.54) is 50.9 Å². The van der Waals surface area contributed by atoms with E-state index in [1.807, 2.05) is 7.05 Å². The molecule has 1 unspecified atom stereocenters. The van der Waals surface area contributed by atoms with E-state index in [0.717, 1.165) is 19.0 Å². The van der Waals surface area contributed by atoms with Gasteiger partial charge >= 0.3 is 0 Å². The average molecular weight is 454 g/mol. The predicted molar refractivity (Wildman–Crippen MR) is 114 cm³/mol. The Bertz CT molecular complexity index is 375. The fourth-order valence-corrected chi connectivity index (χ4v) is 4.62. The van der Waals surface area contributed by atoms with E-state index < -0.39 is 0 Å². The molecule has 6 heteroatoms. The second-order valence-electron chi connectivity index (χ2n) is 7.54. The molecular weight excluding hydrogens is 419 g/mol. The van der Waals surface area contributed by atoms with Crippen LogP contribution in [-0.2, 0) is 0 Å². The van der Waals surface area contributed by atoms with Crippen molar-refractivity contribution in [2.75, 3.05) is 39.0 Å². The molecule has 0 saturated carbocycles. The Morgan fingerprint density at radius 3 is 2.43 bits per heavy atom. The second-order valence-corrected chi connectivity index (χ2v) is 9.22. The van der Waals surface area contributed by atoms with Gasteiger partial charge in [-0.05, 0) is 65.3 Å². The molecule has 0 spiro atoms. The molecule has 136 valence electrons. The fourth-order valence-electron chi connectivity index (χ4n) is 3.38. The van der Waals surface area contributed by atoms with Crippen LogP contribution in [0, 0.1) is 0 Å². The summed E-state index contributed by atoms with van der Waals surface area (Å²) in [5.74, 6) is 2.24. The Hall–Kier alpha value is 0.310. The summed E-state index contributed by atoms with van der Waals surface area (Å²) in [5.41, 5.74) is 0.185. The molecule has 2 N–H and O–H groups in total. The van der Waals surface area contributed by atoms with Gasteiger partial charge in [-0.3, -0.25) is 9.89 Å². The molecule has 0 aromatic heterocycles. The zero-order valence-electron chi connectivity index (χ0n) is 15.3. The van der Waals surface area contributed by atoms with E-state index in [1.54, 1.807) is 0 Å². The number of piperidine rings is 1. The first kappa shape index (κ1) is 21.4. The van der Waals surface area contributed by atoms with Crippen LogP contribution in [0.1, 0.15) is 52.9 Å². The maximum atomic E-state index is 4.39. The third kappa shape index (κ3) is 6.61. The number of guanidine groups is 1. The van der Waals surface area contributed by atoms with Crippen LogP contribution in [0.15, 0.2) is 4.99 Å². The van der Waals surface area contributed by atoms with Crippen LogP contribution < -0.4 is 10.6 Å². The summed E-state index contributed by atoms with van der Waals surface area (Å²) in [4.78, 5) is 7.01. The van der Waals surface area contributed by atoms with Gasteiger partial charge in [0.1, 0.15) is 0 Å². The van der Waals surface area contributed by atoms with Crippen molar-refractivity contribution in [1.29, 1.82) is 0 Å². The summed E-state index contributed by atoms with van der Waals surface area (Å²) in [6, 6.07) is 0. The third-order valence-corrected chi connectivity index (χ3v) is 6.59. The molecule has 0 aromatic rings. The SMILES string of the molecule is CN=C(NCC1(C)CCCS1)NCC(C)(C)N1CCCCC1.I. The molecule has 2 heterocycles. The van der Waals surface area contributed by atoms with Crippen LogP contribution in [0.4, 0.5) is 0 Å². The summed E-state index contributed by atoms with van der Waals surface area (Å²) in [6.45, 7) is 11.4. The standard InChI is InChI=1S/C17H34N4S.HI/c1-16(2,21-10-6-5-7-11-21)13-19-15(18-4)20-14-17(3)9-8-12-22-17;/h5-14H2,1-4H3,(H2,18,19,20);1H. The van der Waals surface area contributed by atoms with E-state index in [2.05, 4.69) is 53.1 Å². The van der Waals surface area contributed by atoms with Crippen molar-refractivity contribution < 1.29 is 0 Å². The highest BCUT2D eigenvalue weighted by Gasteiger charge is 2.30. The van der Waals surface area contributed by atoms with E-state index in [9.17, 15) is 0 Å². The first-order chi connectivity index (χ1) is 10.5. The number of nitrogens with one attached hydrogen (secondary N) is 2. The minimum atomic E-state index is 0. The molecule has 2 fully saturated rings. The van der Waals surface area contributed by atoms with E-state index in [4.69, 9.17) is 0 Å². The van der Waals surface area contributed by atoms with Crippen molar-refractivity contribution in [3.8, 4) is 0 Å². The molecule has 0 bridgehead atoms. The normalized spacial score (nSPS) is 26.7. The van der Waals surface area contributed by atoms with Gasteiger partial charge in [0.05, 0.1) is 0 Å². The zero-order valence-corrected chi connectivity index (χ0v) is 18.4. The van der Waals surface area contributed by atoms with Gasteiger partial charge < -0.3 is 10.6 Å². The van der Waals surface area contributed by atoms with Gasteiger partial charge in [0.15, 0.2) is 5.96 Å². The van der Waals surface area contributed by atoms with Crippen molar-refractivity contribution in [2.24, 2.45) is 4.99 Å². The Balaban J connectivity index is 0.00000264. The quantitative estimate of drug-likeness (QED) is 0.380. The maximum Gasteiger partial charge on any atom is 0.191 e. The van der Waals surface area contributed by atoms with Crippen molar-refractivity contribution >= 4 is 41.7 Å². The summed E-state index contributed by atoms with van der Waals surface area (Å²) in [7, 11) is 1.87. The number of aliphatic imine (C=N–C) groups is 1. The molecule has 1 atom stereocenters. The molecule has 23 heavy (non-hydrogen) atoms. The Kier molecular flexibility index (Phi) is 9.01. The number of halogens is 1. The average Bonchev–Trinajstić information content (AvgIpc) is 2.95. The Labute approximate surface area is 164 Å². The van der Waals surface area contributed by atoms with Crippen molar-refractivity contribution in [1.82, 2.24) is 15.5 Å². The van der Waals surface area contributed by atoms with Gasteiger partial charge in [-0.1, -0.05) is 6.42 Å². The molecule has 0 aliphatic carbocycles. The first-order valence-corrected chi connectivity index (χ1v) is 9.77. The Morgan fingerprint density at radius 2 is 1.87 bits per heavy atom. The molecule has 2 aliphatic rings. The van der Waals surface area contributed by atoms with Crippen molar-refractivity contribution in [3.05, 3.63) is 0 Å². The minimum absolute atomic E-state index is 0. The van der Waals surface area contributed by atoms with E-state index in [-0.39, 0.29) is 29.5 Å². The molecular formula is C17H35IN4S. The molecule has 0 aromatic carbocycles. The topological polar surface area (TPSA) is 39.7 Å². The van der Waals surface area contributed by atoms with Crippen LogP contribution in [0.2, 0.25) is 0 Å². The summed E-state index contributed by atoms with van der Waals surface area (Å²) >= 11 is 2.09. The lowest BCUT2D eigenvalue weighted by molar-refractivity contribution is 0.0982. The van der Waals surface area contributed by atoms with Crippen LogP contribution in [0.3, 0.4) is 0 Å². The van der Waals surface area contributed by atoms with Gasteiger partial charge in [0, 0.05) is 30.4 Å². The molecule has 4 nitrogen and oxygen atoms in total. The van der Waals surface area contributed by atoms with Gasteiger partial charge in [0.25, 0.3) is 0 Å². The monoisotopic (exact) mass is 454 g/mol. The van der Waals surface area contributed by atoms with Gasteiger partial charge in [-0.25, -0.2) is 0 Å². The zero-order chi connectivity index (χ0) is 16.1. The molecule has 2 saturated heterocycles. The minimum Gasteiger partial charge on any atom is -0.355 e. The number of thioether (sulfide) groups is 1. The fraction of sp³-hybridized carbons (Fsp3) is 0.941. The molecule has 0 radical (unpaired) electrons. The lowest BCUT2D eigenvalue weighted by Crippen LogP contribution is -2.55. The molecule has 2 rings (SSSR count). The van der Waals surface area contributed by atoms with Crippen LogP contribution in [-0.4, -0.2) is 60.1 Å². The number of hydrogen-bond donors (Lipinski definition) is 2. The van der Waals surface area contributed by atoms with Crippen LogP contribution in [0.25, 0.3) is 0 Å². The van der Waals surface area contributed by atoms with Crippen molar-refractivity contribution in [2.45, 2.75) is 63.2 Å². The number of rotatable bonds is 5. The summed E-state index contributed by atoms with van der Waals surface area (Å²) in [5, 5.41) is 7.06. The van der Waals surface area contributed by atoms with Crippen LogP contribution in [0.5, 0.6) is 0 Å². The summed E-state index contributed by atoms with van der Waals surface area (Å²) in [6.07, 6.45) is 6.72. The third-order valence-electron chi connectivity index (χ3n) is 5.05. The largest absolute Gasteiger partial charge is 0.355 e. The lowest BCUT2D eigenvalue weighted by Gasteiger charge is -2.41. The van der Waals surface area contributed by atoms with Gasteiger partial charge in [0.2, 0.25) is 0 Å². The second kappa shape index (κ2) is 9.70. The number of likely N-dealkylation sites (tertiary alicyclic amines) is 1. The lowest BCUT2D eigenvalue weighted by atomic mass is 9.98. The number of nitrogens with zero attached hydrogens (tertiary/aromatic N) is 2.